The fourth-order valence-electron chi connectivity index (χ4n) is 1.06. The van der Waals surface area contributed by atoms with E-state index in [-0.39, 0.29) is 11.6 Å². The first-order valence-corrected chi connectivity index (χ1v) is 5.33. The van der Waals surface area contributed by atoms with Crippen molar-refractivity contribution in [2.45, 2.75) is 6.29 Å². The highest BCUT2D eigenvalue weighted by molar-refractivity contribution is 6.28. The van der Waals surface area contributed by atoms with E-state index in [1.54, 1.807) is 19.1 Å². The fraction of sp³-hybridized carbons (Fsp3) is 0.667. The largest absolute Gasteiger partial charge is 0.354 e. The number of hydrogen-bond donors (Lipinski definition) is 1. The van der Waals surface area contributed by atoms with E-state index in [1.165, 1.54) is 0 Å². The number of nitrogens with one attached hydrogen (secondary N) is 1. The number of rotatable bonds is 6. The smallest absolute Gasteiger partial charge is 0.230 e. The van der Waals surface area contributed by atoms with Crippen LogP contribution in [0.4, 0.5) is 11.9 Å². The Morgan fingerprint density at radius 2 is 1.88 bits per heavy atom. The Morgan fingerprint density at radius 1 is 1.24 bits per heavy atom. The Bertz CT molecular complexity index is 359. The summed E-state index contributed by atoms with van der Waals surface area (Å²) in [4.78, 5) is 13.8. The summed E-state index contributed by atoms with van der Waals surface area (Å²) < 4.78 is 10.1. The van der Waals surface area contributed by atoms with Gasteiger partial charge in [0, 0.05) is 28.3 Å². The topological polar surface area (TPSA) is 72.4 Å². The molecule has 0 aromatic carbocycles. The van der Waals surface area contributed by atoms with Gasteiger partial charge in [0.15, 0.2) is 6.29 Å². The molecule has 0 aliphatic rings. The third kappa shape index (κ3) is 4.29. The molecular formula is C9H16ClN5O2. The van der Waals surface area contributed by atoms with Gasteiger partial charge in [0.05, 0.1) is 6.54 Å². The molecule has 17 heavy (non-hydrogen) atoms. The number of methoxy groups -OCH3 is 2. The van der Waals surface area contributed by atoms with Gasteiger partial charge in [-0.05, 0) is 11.6 Å². The van der Waals surface area contributed by atoms with Crippen molar-refractivity contribution in [1.82, 2.24) is 15.0 Å². The lowest BCUT2D eigenvalue weighted by atomic mass is 10.6. The van der Waals surface area contributed by atoms with E-state index in [2.05, 4.69) is 20.3 Å². The Morgan fingerprint density at radius 3 is 2.41 bits per heavy atom. The highest BCUT2D eigenvalue weighted by atomic mass is 35.5. The molecule has 1 aromatic rings. The summed E-state index contributed by atoms with van der Waals surface area (Å²) in [6, 6.07) is 0. The maximum Gasteiger partial charge on any atom is 0.230 e. The molecule has 0 fully saturated rings. The van der Waals surface area contributed by atoms with Crippen molar-refractivity contribution in [1.29, 1.82) is 0 Å². The van der Waals surface area contributed by atoms with E-state index in [0.29, 0.717) is 18.4 Å². The molecule has 1 heterocycles. The summed E-state index contributed by atoms with van der Waals surface area (Å²) in [5.74, 6) is 0.867. The van der Waals surface area contributed by atoms with Crippen LogP contribution in [0.3, 0.4) is 0 Å². The van der Waals surface area contributed by atoms with Crippen LogP contribution in [0.5, 0.6) is 0 Å². The van der Waals surface area contributed by atoms with Crippen molar-refractivity contribution in [3.8, 4) is 0 Å². The Balaban J connectivity index is 2.70. The first-order valence-electron chi connectivity index (χ1n) is 4.95. The molecular weight excluding hydrogens is 246 g/mol. The summed E-state index contributed by atoms with van der Waals surface area (Å²) in [5.41, 5.74) is 0. The second-order valence-corrected chi connectivity index (χ2v) is 3.74. The predicted octanol–water partition coefficient (Wildman–Crippen LogP) is 0.622. The molecule has 7 nitrogen and oxygen atoms in total. The zero-order valence-corrected chi connectivity index (χ0v) is 11.0. The van der Waals surface area contributed by atoms with Crippen LogP contribution < -0.4 is 10.2 Å². The lowest BCUT2D eigenvalue weighted by Gasteiger charge is -2.15. The van der Waals surface area contributed by atoms with Crippen LogP contribution in [-0.2, 0) is 9.47 Å². The average molecular weight is 262 g/mol. The van der Waals surface area contributed by atoms with E-state index in [0.717, 1.165) is 0 Å². The van der Waals surface area contributed by atoms with Crippen molar-refractivity contribution >= 4 is 23.5 Å². The molecule has 1 N–H and O–H groups in total. The average Bonchev–Trinajstić information content (AvgIpc) is 2.29. The van der Waals surface area contributed by atoms with Crippen molar-refractivity contribution in [2.24, 2.45) is 0 Å². The van der Waals surface area contributed by atoms with Crippen molar-refractivity contribution < 1.29 is 9.47 Å². The normalized spacial score (nSPS) is 10.7. The molecule has 0 unspecified atom stereocenters. The Hall–Kier alpha value is -1.18. The van der Waals surface area contributed by atoms with Gasteiger partial charge in [-0.15, -0.1) is 0 Å². The molecule has 0 radical (unpaired) electrons. The van der Waals surface area contributed by atoms with Crippen molar-refractivity contribution in [2.75, 3.05) is 45.1 Å². The summed E-state index contributed by atoms with van der Waals surface area (Å²) in [6.45, 7) is 0.417. The zero-order chi connectivity index (χ0) is 12.8. The third-order valence-corrected chi connectivity index (χ3v) is 2.12. The molecule has 96 valence electrons. The predicted molar refractivity (Wildman–Crippen MR) is 65.5 cm³/mol. The monoisotopic (exact) mass is 261 g/mol. The lowest BCUT2D eigenvalue weighted by Crippen LogP contribution is -2.25. The molecule has 0 atom stereocenters. The standard InChI is InChI=1S/C9H16ClN5O2/c1-15(2)9-13-7(10)12-8(14-9)11-5-6(16-3)17-4/h6H,5H2,1-4H3,(H,11,12,13,14). The van der Waals surface area contributed by atoms with Crippen LogP contribution in [-0.4, -0.2) is 56.1 Å². The Kier molecular flexibility index (Phi) is 5.33. The molecule has 1 aromatic heterocycles. The first kappa shape index (κ1) is 13.9. The SMILES string of the molecule is COC(CNc1nc(Cl)nc(N(C)C)n1)OC. The van der Waals surface area contributed by atoms with Crippen LogP contribution in [0.2, 0.25) is 5.28 Å². The van der Waals surface area contributed by atoms with Gasteiger partial charge in [-0.3, -0.25) is 0 Å². The number of ether oxygens (including phenoxy) is 2. The number of halogens is 1. The van der Waals surface area contributed by atoms with Gasteiger partial charge in [0.1, 0.15) is 0 Å². The molecule has 0 saturated carbocycles. The summed E-state index contributed by atoms with van der Waals surface area (Å²) in [7, 11) is 6.76. The van der Waals surface area contributed by atoms with E-state index in [4.69, 9.17) is 21.1 Å². The summed E-state index contributed by atoms with van der Waals surface area (Å²) in [6.07, 6.45) is -0.367. The summed E-state index contributed by atoms with van der Waals surface area (Å²) >= 11 is 5.79. The minimum Gasteiger partial charge on any atom is -0.354 e. The zero-order valence-electron chi connectivity index (χ0n) is 10.3. The number of aromatic nitrogens is 3. The quantitative estimate of drug-likeness (QED) is 0.753. The lowest BCUT2D eigenvalue weighted by molar-refractivity contribution is -0.0914. The first-order chi connectivity index (χ1) is 8.06. The number of nitrogens with zero attached hydrogens (tertiary/aromatic N) is 4. The number of anilines is 2. The van der Waals surface area contributed by atoms with Gasteiger partial charge in [-0.1, -0.05) is 0 Å². The van der Waals surface area contributed by atoms with E-state index in [1.807, 2.05) is 14.1 Å². The van der Waals surface area contributed by atoms with Gasteiger partial charge < -0.3 is 19.7 Å². The molecule has 0 saturated heterocycles. The van der Waals surface area contributed by atoms with Gasteiger partial charge >= 0.3 is 0 Å². The van der Waals surface area contributed by atoms with Crippen LogP contribution in [0.1, 0.15) is 0 Å². The van der Waals surface area contributed by atoms with Crippen LogP contribution in [0.15, 0.2) is 0 Å². The maximum absolute atomic E-state index is 5.79. The molecule has 0 bridgehead atoms. The second kappa shape index (κ2) is 6.53. The highest BCUT2D eigenvalue weighted by Gasteiger charge is 2.09. The molecule has 0 amide bonds. The molecule has 0 spiro atoms. The van der Waals surface area contributed by atoms with Gasteiger partial charge in [-0.25, -0.2) is 0 Å². The second-order valence-electron chi connectivity index (χ2n) is 3.40. The minimum atomic E-state index is -0.367. The maximum atomic E-state index is 5.79. The van der Waals surface area contributed by atoms with Gasteiger partial charge in [-0.2, -0.15) is 15.0 Å². The van der Waals surface area contributed by atoms with Crippen molar-refractivity contribution in [3.63, 3.8) is 0 Å². The Labute approximate surface area is 105 Å². The third-order valence-electron chi connectivity index (χ3n) is 1.95. The molecule has 8 heteroatoms. The van der Waals surface area contributed by atoms with E-state index < -0.39 is 0 Å². The minimum absolute atomic E-state index is 0.137. The van der Waals surface area contributed by atoms with Crippen molar-refractivity contribution in [3.05, 3.63) is 5.28 Å². The molecule has 1 rings (SSSR count). The summed E-state index contributed by atoms with van der Waals surface area (Å²) in [5, 5.41) is 3.10. The molecule has 0 aliphatic heterocycles. The van der Waals surface area contributed by atoms with E-state index >= 15 is 0 Å². The van der Waals surface area contributed by atoms with Crippen LogP contribution in [0, 0.1) is 0 Å². The van der Waals surface area contributed by atoms with Gasteiger partial charge in [0.25, 0.3) is 0 Å². The molecule has 0 aliphatic carbocycles. The fourth-order valence-corrected chi connectivity index (χ4v) is 1.21. The van der Waals surface area contributed by atoms with Crippen LogP contribution in [0.25, 0.3) is 0 Å². The van der Waals surface area contributed by atoms with Gasteiger partial charge in [0.2, 0.25) is 17.2 Å². The highest BCUT2D eigenvalue weighted by Crippen LogP contribution is 2.11. The number of hydrogen-bond acceptors (Lipinski definition) is 7. The van der Waals surface area contributed by atoms with E-state index in [9.17, 15) is 0 Å². The van der Waals surface area contributed by atoms with Crippen LogP contribution >= 0.6 is 11.6 Å².